The summed E-state index contributed by atoms with van der Waals surface area (Å²) >= 11 is 0. The molecule has 6 heteroatoms. The van der Waals surface area contributed by atoms with E-state index in [1.807, 2.05) is 36.4 Å². The van der Waals surface area contributed by atoms with Gasteiger partial charge in [0.1, 0.15) is 17.9 Å². The summed E-state index contributed by atoms with van der Waals surface area (Å²) in [4.78, 5) is 9.22. The fraction of sp³-hybridized carbons (Fsp3) is 0.238. The minimum atomic E-state index is 0.0488. The van der Waals surface area contributed by atoms with Gasteiger partial charge in [-0.25, -0.2) is 9.97 Å². The van der Waals surface area contributed by atoms with Crippen molar-refractivity contribution in [3.63, 3.8) is 0 Å². The van der Waals surface area contributed by atoms with Gasteiger partial charge in [0.2, 0.25) is 0 Å². The molecular weight excluding hydrogens is 340 g/mol. The maximum Gasteiger partial charge on any atom is 0.152 e. The van der Waals surface area contributed by atoms with Gasteiger partial charge in [0.05, 0.1) is 36.9 Å². The number of hydrogen-bond acceptors (Lipinski definition) is 5. The van der Waals surface area contributed by atoms with Gasteiger partial charge in [0.25, 0.3) is 0 Å². The summed E-state index contributed by atoms with van der Waals surface area (Å²) in [6.45, 7) is 2.18. The standard InChI is InChI=1S/C21H20N4O2/c22-21-19-20(16-8-4-5-9-17(16)23-21)25-15(12-27-13-18(25)24-19)11-26-10-14-6-2-1-3-7-14/h1-9,15H,10-13H2,(H2,22,23). The number of imidazole rings is 1. The molecule has 27 heavy (non-hydrogen) atoms. The van der Waals surface area contributed by atoms with E-state index in [0.717, 1.165) is 33.3 Å². The summed E-state index contributed by atoms with van der Waals surface area (Å²) < 4.78 is 14.0. The number of ether oxygens (including phenoxy) is 2. The van der Waals surface area contributed by atoms with Gasteiger partial charge in [-0.05, 0) is 11.6 Å². The lowest BCUT2D eigenvalue weighted by atomic mass is 10.1. The normalized spacial score (nSPS) is 16.7. The lowest BCUT2D eigenvalue weighted by molar-refractivity contribution is 0.00842. The lowest BCUT2D eigenvalue weighted by Crippen LogP contribution is -2.27. The van der Waals surface area contributed by atoms with Crippen molar-refractivity contribution in [1.29, 1.82) is 0 Å². The van der Waals surface area contributed by atoms with Crippen LogP contribution < -0.4 is 5.73 Å². The Hall–Kier alpha value is -2.96. The Morgan fingerprint density at radius 3 is 2.78 bits per heavy atom. The topological polar surface area (TPSA) is 75.2 Å². The molecule has 0 saturated heterocycles. The Bertz CT molecular complexity index is 1110. The molecule has 1 aliphatic heterocycles. The molecule has 0 saturated carbocycles. The number of nitrogens with two attached hydrogens (primary N) is 1. The molecule has 3 heterocycles. The zero-order valence-electron chi connectivity index (χ0n) is 14.8. The van der Waals surface area contributed by atoms with Crippen LogP contribution in [0.25, 0.3) is 21.9 Å². The molecule has 0 fully saturated rings. The summed E-state index contributed by atoms with van der Waals surface area (Å²) in [6, 6.07) is 18.3. The SMILES string of the molecule is Nc1nc2ccccc2c2c1nc1n2C(COCc2ccccc2)COC1. The minimum Gasteiger partial charge on any atom is -0.382 e. The van der Waals surface area contributed by atoms with E-state index in [-0.39, 0.29) is 6.04 Å². The quantitative estimate of drug-likeness (QED) is 0.603. The van der Waals surface area contributed by atoms with E-state index in [9.17, 15) is 0 Å². The molecule has 2 aromatic heterocycles. The highest BCUT2D eigenvalue weighted by atomic mass is 16.5. The van der Waals surface area contributed by atoms with E-state index in [4.69, 9.17) is 20.2 Å². The zero-order valence-corrected chi connectivity index (χ0v) is 14.8. The van der Waals surface area contributed by atoms with Crippen molar-refractivity contribution in [2.75, 3.05) is 18.9 Å². The van der Waals surface area contributed by atoms with Gasteiger partial charge >= 0.3 is 0 Å². The van der Waals surface area contributed by atoms with Crippen LogP contribution in [0.5, 0.6) is 0 Å². The first-order chi connectivity index (χ1) is 13.3. The molecule has 0 spiro atoms. The van der Waals surface area contributed by atoms with Crippen LogP contribution in [0.2, 0.25) is 0 Å². The molecule has 1 atom stereocenters. The summed E-state index contributed by atoms with van der Waals surface area (Å²) in [5.41, 5.74) is 9.99. The molecule has 0 bridgehead atoms. The highest BCUT2D eigenvalue weighted by molar-refractivity contribution is 6.06. The van der Waals surface area contributed by atoms with E-state index in [0.29, 0.717) is 32.2 Å². The summed E-state index contributed by atoms with van der Waals surface area (Å²) in [5.74, 6) is 1.32. The second kappa shape index (κ2) is 6.64. The Labute approximate surface area is 156 Å². The maximum absolute atomic E-state index is 6.20. The molecule has 1 aliphatic rings. The Morgan fingerprint density at radius 1 is 1.07 bits per heavy atom. The van der Waals surface area contributed by atoms with Crippen molar-refractivity contribution in [2.24, 2.45) is 0 Å². The van der Waals surface area contributed by atoms with Crippen LogP contribution in [-0.4, -0.2) is 27.7 Å². The highest BCUT2D eigenvalue weighted by Gasteiger charge is 2.26. The number of benzene rings is 2. The predicted octanol–water partition coefficient (Wildman–Crippen LogP) is 3.45. The van der Waals surface area contributed by atoms with E-state index in [1.54, 1.807) is 0 Å². The Morgan fingerprint density at radius 2 is 1.89 bits per heavy atom. The highest BCUT2D eigenvalue weighted by Crippen LogP contribution is 2.33. The molecule has 5 rings (SSSR count). The average molecular weight is 360 g/mol. The largest absolute Gasteiger partial charge is 0.382 e. The third-order valence-corrected chi connectivity index (χ3v) is 4.96. The molecule has 4 aromatic rings. The van der Waals surface area contributed by atoms with Gasteiger partial charge in [-0.15, -0.1) is 0 Å². The number of para-hydroxylation sites is 1. The molecule has 2 aromatic carbocycles. The summed E-state index contributed by atoms with van der Waals surface area (Å²) in [5, 5.41) is 1.05. The predicted molar refractivity (Wildman–Crippen MR) is 104 cm³/mol. The third-order valence-electron chi connectivity index (χ3n) is 4.96. The number of fused-ring (bicyclic) bond motifs is 5. The molecular formula is C21H20N4O2. The van der Waals surface area contributed by atoms with Gasteiger partial charge in [-0.1, -0.05) is 48.5 Å². The molecule has 2 N–H and O–H groups in total. The van der Waals surface area contributed by atoms with Gasteiger partial charge in [0, 0.05) is 5.39 Å². The molecule has 0 amide bonds. The summed E-state index contributed by atoms with van der Waals surface area (Å²) in [6.07, 6.45) is 0. The van der Waals surface area contributed by atoms with Gasteiger partial charge in [-0.2, -0.15) is 0 Å². The first kappa shape index (κ1) is 16.2. The van der Waals surface area contributed by atoms with Crippen LogP contribution in [0.1, 0.15) is 17.4 Å². The number of aromatic nitrogens is 3. The molecule has 136 valence electrons. The third kappa shape index (κ3) is 2.83. The maximum atomic E-state index is 6.20. The van der Waals surface area contributed by atoms with Crippen LogP contribution in [0, 0.1) is 0 Å². The lowest BCUT2D eigenvalue weighted by Gasteiger charge is -2.26. The van der Waals surface area contributed by atoms with E-state index in [2.05, 4.69) is 27.8 Å². The second-order valence-electron chi connectivity index (χ2n) is 6.78. The fourth-order valence-electron chi connectivity index (χ4n) is 3.73. The molecule has 0 radical (unpaired) electrons. The number of hydrogen-bond donors (Lipinski definition) is 1. The molecule has 6 nitrogen and oxygen atoms in total. The van der Waals surface area contributed by atoms with Gasteiger partial charge in [-0.3, -0.25) is 0 Å². The molecule has 1 unspecified atom stereocenters. The zero-order chi connectivity index (χ0) is 18.2. The second-order valence-corrected chi connectivity index (χ2v) is 6.78. The minimum absolute atomic E-state index is 0.0488. The van der Waals surface area contributed by atoms with Crippen molar-refractivity contribution in [1.82, 2.24) is 14.5 Å². The van der Waals surface area contributed by atoms with Crippen molar-refractivity contribution in [3.05, 3.63) is 66.0 Å². The van der Waals surface area contributed by atoms with Crippen LogP contribution in [0.4, 0.5) is 5.82 Å². The van der Waals surface area contributed by atoms with Gasteiger partial charge in [0.15, 0.2) is 5.82 Å². The Balaban J connectivity index is 1.53. The first-order valence-electron chi connectivity index (χ1n) is 9.05. The Kier molecular flexibility index (Phi) is 3.99. The van der Waals surface area contributed by atoms with Crippen molar-refractivity contribution < 1.29 is 9.47 Å². The van der Waals surface area contributed by atoms with Crippen LogP contribution in [0.15, 0.2) is 54.6 Å². The van der Waals surface area contributed by atoms with Crippen LogP contribution >= 0.6 is 0 Å². The number of anilines is 1. The monoisotopic (exact) mass is 360 g/mol. The van der Waals surface area contributed by atoms with Crippen molar-refractivity contribution in [2.45, 2.75) is 19.3 Å². The van der Waals surface area contributed by atoms with Crippen LogP contribution in [-0.2, 0) is 22.7 Å². The average Bonchev–Trinajstić information content (AvgIpc) is 3.10. The van der Waals surface area contributed by atoms with Gasteiger partial charge < -0.3 is 19.8 Å². The smallest absolute Gasteiger partial charge is 0.152 e. The van der Waals surface area contributed by atoms with E-state index < -0.39 is 0 Å². The number of rotatable bonds is 4. The van der Waals surface area contributed by atoms with E-state index in [1.165, 1.54) is 0 Å². The summed E-state index contributed by atoms with van der Waals surface area (Å²) in [7, 11) is 0. The van der Waals surface area contributed by atoms with Crippen LogP contribution in [0.3, 0.4) is 0 Å². The van der Waals surface area contributed by atoms with Crippen molar-refractivity contribution in [3.8, 4) is 0 Å². The van der Waals surface area contributed by atoms with Crippen molar-refractivity contribution >= 4 is 27.8 Å². The number of nitrogen functional groups attached to an aromatic ring is 1. The first-order valence-corrected chi connectivity index (χ1v) is 9.05. The number of pyridine rings is 1. The van der Waals surface area contributed by atoms with E-state index >= 15 is 0 Å². The fourth-order valence-corrected chi connectivity index (χ4v) is 3.73. The number of nitrogens with zero attached hydrogens (tertiary/aromatic N) is 3. The molecule has 0 aliphatic carbocycles.